The molecule has 2 aromatic rings. The predicted octanol–water partition coefficient (Wildman–Crippen LogP) is 1.67. The van der Waals surface area contributed by atoms with Gasteiger partial charge in [-0.3, -0.25) is 9.71 Å². The molecule has 0 saturated carbocycles. The van der Waals surface area contributed by atoms with Gasteiger partial charge in [-0.25, -0.2) is 13.2 Å². The van der Waals surface area contributed by atoms with E-state index in [4.69, 9.17) is 0 Å². The number of carbonyl (C=O) groups excluding carboxylic acids is 1. The van der Waals surface area contributed by atoms with Gasteiger partial charge >= 0.3 is 5.97 Å². The average molecular weight is 292 g/mol. The SMILES string of the molecule is COC(=O)c1ccccc1NS(=O)(=O)c1cccnc1. The molecule has 104 valence electrons. The summed E-state index contributed by atoms with van der Waals surface area (Å²) in [7, 11) is -2.57. The van der Waals surface area contributed by atoms with Crippen LogP contribution in [0.2, 0.25) is 0 Å². The fourth-order valence-corrected chi connectivity index (χ4v) is 2.61. The number of ether oxygens (including phenoxy) is 1. The second-order valence-corrected chi connectivity index (χ2v) is 5.51. The predicted molar refractivity (Wildman–Crippen MR) is 72.8 cm³/mol. The largest absolute Gasteiger partial charge is 0.465 e. The molecule has 7 heteroatoms. The number of benzene rings is 1. The first-order chi connectivity index (χ1) is 9.54. The van der Waals surface area contributed by atoms with E-state index in [0.717, 1.165) is 0 Å². The highest BCUT2D eigenvalue weighted by Crippen LogP contribution is 2.20. The highest BCUT2D eigenvalue weighted by Gasteiger charge is 2.18. The highest BCUT2D eigenvalue weighted by atomic mass is 32.2. The molecule has 1 N–H and O–H groups in total. The van der Waals surface area contributed by atoms with E-state index in [1.165, 1.54) is 43.8 Å². The standard InChI is InChI=1S/C13H12N2O4S/c1-19-13(16)11-6-2-3-7-12(11)15-20(17,18)10-5-4-8-14-9-10/h2-9,15H,1H3. The number of rotatable bonds is 4. The van der Waals surface area contributed by atoms with Crippen LogP contribution in [0.5, 0.6) is 0 Å². The van der Waals surface area contributed by atoms with E-state index < -0.39 is 16.0 Å². The van der Waals surface area contributed by atoms with Crippen molar-refractivity contribution >= 4 is 21.7 Å². The van der Waals surface area contributed by atoms with Gasteiger partial charge in [0.25, 0.3) is 10.0 Å². The van der Waals surface area contributed by atoms with Gasteiger partial charge in [-0.05, 0) is 24.3 Å². The molecule has 0 aliphatic carbocycles. The zero-order chi connectivity index (χ0) is 14.6. The molecule has 0 radical (unpaired) electrons. The van der Waals surface area contributed by atoms with E-state index in [-0.39, 0.29) is 16.1 Å². The van der Waals surface area contributed by atoms with Crippen molar-refractivity contribution in [2.45, 2.75) is 4.90 Å². The Kier molecular flexibility index (Phi) is 3.99. The minimum atomic E-state index is -3.80. The number of hydrogen-bond donors (Lipinski definition) is 1. The van der Waals surface area contributed by atoms with Gasteiger partial charge in [-0.15, -0.1) is 0 Å². The lowest BCUT2D eigenvalue weighted by molar-refractivity contribution is 0.0602. The highest BCUT2D eigenvalue weighted by molar-refractivity contribution is 7.92. The van der Waals surface area contributed by atoms with Gasteiger partial charge in [0.15, 0.2) is 0 Å². The Balaban J connectivity index is 2.38. The van der Waals surface area contributed by atoms with Crippen LogP contribution in [0.15, 0.2) is 53.7 Å². The monoisotopic (exact) mass is 292 g/mol. The Hall–Kier alpha value is -2.41. The number of nitrogens with one attached hydrogen (secondary N) is 1. The van der Waals surface area contributed by atoms with E-state index in [1.54, 1.807) is 12.1 Å². The molecule has 0 atom stereocenters. The number of pyridine rings is 1. The third-order valence-corrected chi connectivity index (χ3v) is 3.87. The van der Waals surface area contributed by atoms with Crippen molar-refractivity contribution < 1.29 is 17.9 Å². The lowest BCUT2D eigenvalue weighted by atomic mass is 10.2. The summed E-state index contributed by atoms with van der Waals surface area (Å²) in [4.78, 5) is 15.4. The molecule has 0 unspecified atom stereocenters. The molecule has 0 spiro atoms. The van der Waals surface area contributed by atoms with Crippen molar-refractivity contribution in [3.8, 4) is 0 Å². The number of hydrogen-bond acceptors (Lipinski definition) is 5. The Morgan fingerprint density at radius 1 is 1.20 bits per heavy atom. The molecule has 0 amide bonds. The zero-order valence-electron chi connectivity index (χ0n) is 10.6. The van der Waals surface area contributed by atoms with Crippen LogP contribution in [0.4, 0.5) is 5.69 Å². The lowest BCUT2D eigenvalue weighted by Crippen LogP contribution is -2.16. The van der Waals surface area contributed by atoms with Crippen LogP contribution in [-0.4, -0.2) is 26.5 Å². The zero-order valence-corrected chi connectivity index (χ0v) is 11.4. The maximum atomic E-state index is 12.2. The first kappa shape index (κ1) is 14.0. The van der Waals surface area contributed by atoms with Gasteiger partial charge in [-0.1, -0.05) is 12.1 Å². The molecular weight excluding hydrogens is 280 g/mol. The third kappa shape index (κ3) is 2.94. The number of aromatic nitrogens is 1. The first-order valence-electron chi connectivity index (χ1n) is 5.65. The van der Waals surface area contributed by atoms with Crippen molar-refractivity contribution in [2.75, 3.05) is 11.8 Å². The van der Waals surface area contributed by atoms with Crippen molar-refractivity contribution in [1.29, 1.82) is 0 Å². The Bertz CT molecular complexity index is 714. The summed E-state index contributed by atoms with van der Waals surface area (Å²) in [6.07, 6.45) is 2.70. The minimum Gasteiger partial charge on any atom is -0.465 e. The number of sulfonamides is 1. The number of methoxy groups -OCH3 is 1. The van der Waals surface area contributed by atoms with E-state index in [0.29, 0.717) is 0 Å². The van der Waals surface area contributed by atoms with Crippen LogP contribution in [0, 0.1) is 0 Å². The number of esters is 1. The molecule has 20 heavy (non-hydrogen) atoms. The molecule has 1 aromatic heterocycles. The number of anilines is 1. The van der Waals surface area contributed by atoms with E-state index in [1.807, 2.05) is 0 Å². The minimum absolute atomic E-state index is 0.0136. The molecule has 0 saturated heterocycles. The second kappa shape index (κ2) is 5.70. The summed E-state index contributed by atoms with van der Waals surface area (Å²) in [5.41, 5.74) is 0.297. The van der Waals surface area contributed by atoms with Crippen LogP contribution in [0.1, 0.15) is 10.4 Å². The smallest absolute Gasteiger partial charge is 0.339 e. The van der Waals surface area contributed by atoms with Gasteiger partial charge in [0.2, 0.25) is 0 Å². The molecule has 0 bridgehead atoms. The van der Waals surface area contributed by atoms with Crippen LogP contribution in [-0.2, 0) is 14.8 Å². The first-order valence-corrected chi connectivity index (χ1v) is 7.13. The van der Waals surface area contributed by atoms with Crippen LogP contribution < -0.4 is 4.72 Å². The topological polar surface area (TPSA) is 85.4 Å². The summed E-state index contributed by atoms with van der Waals surface area (Å²) in [6.45, 7) is 0. The molecule has 0 aliphatic heterocycles. The summed E-state index contributed by atoms with van der Waals surface area (Å²) < 4.78 is 31.3. The van der Waals surface area contributed by atoms with E-state index in [2.05, 4.69) is 14.4 Å². The Labute approximate surface area is 116 Å². The normalized spacial score (nSPS) is 10.8. The maximum absolute atomic E-state index is 12.2. The van der Waals surface area contributed by atoms with Gasteiger partial charge in [0.1, 0.15) is 4.90 Å². The van der Waals surface area contributed by atoms with Gasteiger partial charge < -0.3 is 4.74 Å². The molecular formula is C13H12N2O4S. The van der Waals surface area contributed by atoms with Crippen molar-refractivity contribution in [3.05, 3.63) is 54.4 Å². The summed E-state index contributed by atoms with van der Waals surface area (Å²) >= 11 is 0. The molecule has 6 nitrogen and oxygen atoms in total. The second-order valence-electron chi connectivity index (χ2n) is 3.83. The van der Waals surface area contributed by atoms with Crippen molar-refractivity contribution in [1.82, 2.24) is 4.98 Å². The van der Waals surface area contributed by atoms with E-state index >= 15 is 0 Å². The van der Waals surface area contributed by atoms with Gasteiger partial charge in [0.05, 0.1) is 18.4 Å². The molecule has 1 heterocycles. The molecule has 0 aliphatic rings. The fourth-order valence-electron chi connectivity index (χ4n) is 1.57. The van der Waals surface area contributed by atoms with Crippen LogP contribution in [0.25, 0.3) is 0 Å². The third-order valence-electron chi connectivity index (χ3n) is 2.52. The van der Waals surface area contributed by atoms with Gasteiger partial charge in [-0.2, -0.15) is 0 Å². The van der Waals surface area contributed by atoms with Crippen molar-refractivity contribution in [2.24, 2.45) is 0 Å². The van der Waals surface area contributed by atoms with Gasteiger partial charge in [0, 0.05) is 12.4 Å². The molecule has 0 fully saturated rings. The van der Waals surface area contributed by atoms with Crippen LogP contribution >= 0.6 is 0 Å². The Morgan fingerprint density at radius 3 is 2.60 bits per heavy atom. The number of nitrogens with zero attached hydrogens (tertiary/aromatic N) is 1. The average Bonchev–Trinajstić information content (AvgIpc) is 2.47. The fraction of sp³-hybridized carbons (Fsp3) is 0.0769. The summed E-state index contributed by atoms with van der Waals surface area (Å²) in [6, 6.07) is 9.13. The van der Waals surface area contributed by atoms with E-state index in [9.17, 15) is 13.2 Å². The quantitative estimate of drug-likeness (QED) is 0.866. The number of carbonyl (C=O) groups is 1. The molecule has 2 rings (SSSR count). The summed E-state index contributed by atoms with van der Waals surface area (Å²) in [5, 5.41) is 0. The van der Waals surface area contributed by atoms with Crippen molar-refractivity contribution in [3.63, 3.8) is 0 Å². The maximum Gasteiger partial charge on any atom is 0.339 e. The Morgan fingerprint density at radius 2 is 1.95 bits per heavy atom. The molecule has 1 aromatic carbocycles. The van der Waals surface area contributed by atoms with Crippen LogP contribution in [0.3, 0.4) is 0 Å². The number of para-hydroxylation sites is 1. The lowest BCUT2D eigenvalue weighted by Gasteiger charge is -2.11. The summed E-state index contributed by atoms with van der Waals surface area (Å²) in [5.74, 6) is -0.616.